The molecule has 1 aromatic rings. The van der Waals surface area contributed by atoms with Crippen molar-refractivity contribution in [2.24, 2.45) is 17.9 Å². The minimum Gasteiger partial charge on any atom is -0.365 e. The lowest BCUT2D eigenvalue weighted by Crippen LogP contribution is -2.78. The first-order valence-corrected chi connectivity index (χ1v) is 23.1. The van der Waals surface area contributed by atoms with E-state index in [4.69, 9.17) is 9.47 Å². The number of amides is 2. The summed E-state index contributed by atoms with van der Waals surface area (Å²) in [5.41, 5.74) is -3.14. The number of sulfone groups is 2. The Hall–Kier alpha value is -2.52. The average molecular weight is 880 g/mol. The Kier molecular flexibility index (Phi) is 12.6. The average Bonchev–Trinajstić information content (AvgIpc) is 3.49. The standard InChI is InChI=1S/C18H27N5O5S2.C16H24BrNO5S/c1-7-8-18(28-6)14(25)23-12(13(24)17(2,3)4)11(10-30(26,27)15(18)23)9-29-16-19-20-21-22(16)5;1-6-7-16(23-5)13(20)18-11(12(19)15(2,3)4)10(8-17)9-24(21,22)14(16)18/h15H,7-10H2,1-6H3;14H,6-9H2,1-5H3/t15-,18-;14-,16-/m11/s1. The van der Waals surface area contributed by atoms with Crippen molar-refractivity contribution in [1.29, 1.82) is 0 Å². The molecule has 2 saturated heterocycles. The van der Waals surface area contributed by atoms with Gasteiger partial charge in [-0.15, -0.1) is 5.10 Å². The summed E-state index contributed by atoms with van der Waals surface area (Å²) in [6.45, 7) is 14.2. The molecule has 0 N–H and O–H groups in total. The molecule has 0 aliphatic carbocycles. The predicted octanol–water partition coefficient (Wildman–Crippen LogP) is 2.99. The van der Waals surface area contributed by atoms with Gasteiger partial charge in [0.15, 0.2) is 53.2 Å². The van der Waals surface area contributed by atoms with Crippen molar-refractivity contribution < 1.29 is 45.5 Å². The van der Waals surface area contributed by atoms with Crippen molar-refractivity contribution in [3.8, 4) is 0 Å². The van der Waals surface area contributed by atoms with Crippen molar-refractivity contribution in [2.45, 2.75) is 108 Å². The summed E-state index contributed by atoms with van der Waals surface area (Å²) in [5, 5.41) is 9.62. The second kappa shape index (κ2) is 15.4. The van der Waals surface area contributed by atoms with Gasteiger partial charge in [-0.1, -0.05) is 95.9 Å². The first-order chi connectivity index (χ1) is 24.9. The Bertz CT molecular complexity index is 2000. The number of carbonyl (C=O) groups is 4. The summed E-state index contributed by atoms with van der Waals surface area (Å²) >= 11 is 4.48. The molecule has 0 radical (unpaired) electrons. The molecule has 0 saturated carbocycles. The Morgan fingerprint density at radius 2 is 1.22 bits per heavy atom. The minimum atomic E-state index is -3.76. The number of rotatable bonds is 12. The molecule has 16 nitrogen and oxygen atoms in total. The molecule has 0 spiro atoms. The minimum absolute atomic E-state index is 0.165. The summed E-state index contributed by atoms with van der Waals surface area (Å²) in [7, 11) is -3.02. The lowest BCUT2D eigenvalue weighted by atomic mass is 9.81. The SMILES string of the molecule is CCC[C@@]1(OC)C(=O)N2C(C(=O)C(C)(C)C)=C(CBr)CS(=O)(=O)[C@@H]21.CCC[C@@]1(OC)C(=O)N2C(C(=O)C(C)(C)C)=C(CSc3nnnn3C)CS(=O)(=O)[C@@H]21. The number of methoxy groups -OCH3 is 2. The van der Waals surface area contributed by atoms with Crippen LogP contribution in [0.5, 0.6) is 0 Å². The van der Waals surface area contributed by atoms with Crippen LogP contribution in [0, 0.1) is 10.8 Å². The number of hydrogen-bond acceptors (Lipinski definition) is 14. The molecule has 5 rings (SSSR count). The van der Waals surface area contributed by atoms with Gasteiger partial charge in [0.25, 0.3) is 11.8 Å². The smallest absolute Gasteiger partial charge is 0.263 e. The van der Waals surface area contributed by atoms with Crippen LogP contribution in [0.2, 0.25) is 0 Å². The number of aryl methyl sites for hydroxylation is 1. The van der Waals surface area contributed by atoms with Crippen molar-refractivity contribution in [1.82, 2.24) is 30.0 Å². The van der Waals surface area contributed by atoms with Crippen LogP contribution in [0.25, 0.3) is 0 Å². The Labute approximate surface area is 330 Å². The Morgan fingerprint density at radius 1 is 0.815 bits per heavy atom. The molecule has 20 heteroatoms. The normalized spacial score (nSPS) is 27.4. The van der Waals surface area contributed by atoms with Crippen LogP contribution in [0.15, 0.2) is 27.7 Å². The number of alkyl halides is 1. The van der Waals surface area contributed by atoms with Gasteiger partial charge in [-0.25, -0.2) is 21.5 Å². The number of Topliss-reactive ketones (excluding diaryl/α,β-unsaturated/α-hetero) is 2. The Morgan fingerprint density at radius 3 is 1.56 bits per heavy atom. The number of nitrogens with zero attached hydrogens (tertiary/aromatic N) is 6. The molecule has 4 atom stereocenters. The van der Waals surface area contributed by atoms with E-state index in [0.717, 1.165) is 9.80 Å². The monoisotopic (exact) mass is 878 g/mol. The molecule has 0 bridgehead atoms. The second-order valence-electron chi connectivity index (χ2n) is 15.9. The van der Waals surface area contributed by atoms with E-state index in [1.54, 1.807) is 48.6 Å². The summed E-state index contributed by atoms with van der Waals surface area (Å²) < 4.78 is 64.3. The molecule has 54 heavy (non-hydrogen) atoms. The molecule has 2 fully saturated rings. The number of tetrazole rings is 1. The molecule has 1 aromatic heterocycles. The molecule has 4 aliphatic heterocycles. The highest BCUT2D eigenvalue weighted by molar-refractivity contribution is 9.09. The zero-order chi connectivity index (χ0) is 41.0. The van der Waals surface area contributed by atoms with Crippen LogP contribution in [0.3, 0.4) is 0 Å². The fourth-order valence-electron chi connectivity index (χ4n) is 7.32. The largest absolute Gasteiger partial charge is 0.365 e. The number of carbonyl (C=O) groups excluding carboxylic acids is 4. The van der Waals surface area contributed by atoms with E-state index in [2.05, 4.69) is 31.5 Å². The van der Waals surface area contributed by atoms with Gasteiger partial charge in [-0.3, -0.25) is 29.0 Å². The first-order valence-electron chi connectivity index (χ1n) is 17.5. The number of β-lactam (4-membered cyclic amide) rings is 2. The van der Waals surface area contributed by atoms with Crippen molar-refractivity contribution in [3.63, 3.8) is 0 Å². The lowest BCUT2D eigenvalue weighted by Gasteiger charge is -2.56. The third-order valence-corrected chi connectivity index (χ3v) is 15.7. The topological polar surface area (TPSA) is 205 Å². The maximum atomic E-state index is 13.3. The first kappa shape index (κ1) is 44.2. The second-order valence-corrected chi connectivity index (χ2v) is 21.6. The molecule has 5 heterocycles. The van der Waals surface area contributed by atoms with Crippen LogP contribution < -0.4 is 0 Å². The quantitative estimate of drug-likeness (QED) is 0.168. The molecule has 0 aromatic carbocycles. The molecule has 0 unspecified atom stereocenters. The highest BCUT2D eigenvalue weighted by Gasteiger charge is 2.71. The van der Waals surface area contributed by atoms with Gasteiger partial charge in [-0.2, -0.15) is 0 Å². The molecule has 2 amide bonds. The molecule has 302 valence electrons. The third-order valence-electron chi connectivity index (χ3n) is 9.89. The van der Waals surface area contributed by atoms with Crippen molar-refractivity contribution in [3.05, 3.63) is 22.5 Å². The molecule has 4 aliphatic rings. The lowest BCUT2D eigenvalue weighted by molar-refractivity contribution is -0.185. The van der Waals surface area contributed by atoms with Gasteiger partial charge in [-0.05, 0) is 34.4 Å². The summed E-state index contributed by atoms with van der Waals surface area (Å²) in [6, 6.07) is 0. The Balaban J connectivity index is 0.000000247. The maximum absolute atomic E-state index is 13.3. The third kappa shape index (κ3) is 7.27. The van der Waals surface area contributed by atoms with Gasteiger partial charge in [0, 0.05) is 43.2 Å². The highest BCUT2D eigenvalue weighted by Crippen LogP contribution is 2.50. The van der Waals surface area contributed by atoms with Crippen molar-refractivity contribution in [2.75, 3.05) is 36.8 Å². The van der Waals surface area contributed by atoms with E-state index in [1.807, 2.05) is 13.8 Å². The van der Waals surface area contributed by atoms with Crippen molar-refractivity contribution >= 4 is 70.7 Å². The zero-order valence-electron chi connectivity index (χ0n) is 32.7. The van der Waals surface area contributed by atoms with Crippen LogP contribution >= 0.6 is 27.7 Å². The number of aromatic nitrogens is 4. The summed E-state index contributed by atoms with van der Waals surface area (Å²) in [5.74, 6) is -1.80. The van der Waals surface area contributed by atoms with Gasteiger partial charge in [0.2, 0.25) is 5.16 Å². The highest BCUT2D eigenvalue weighted by atomic mass is 79.9. The number of ether oxygens (including phenoxy) is 2. The van der Waals surface area contributed by atoms with E-state index in [-0.39, 0.29) is 52.0 Å². The zero-order valence-corrected chi connectivity index (χ0v) is 36.7. The number of thioether (sulfide) groups is 1. The molecular weight excluding hydrogens is 829 g/mol. The van der Waals surface area contributed by atoms with Crippen LogP contribution in [-0.2, 0) is 55.4 Å². The summed E-state index contributed by atoms with van der Waals surface area (Å²) in [6.07, 6.45) is 1.77. The van der Waals surface area contributed by atoms with E-state index < -0.39 is 64.3 Å². The predicted molar refractivity (Wildman–Crippen MR) is 204 cm³/mol. The number of ketones is 2. The van der Waals surface area contributed by atoms with Crippen LogP contribution in [0.1, 0.15) is 81.1 Å². The fraction of sp³-hybridized carbons (Fsp3) is 0.735. The number of halogens is 1. The van der Waals surface area contributed by atoms with Gasteiger partial charge >= 0.3 is 0 Å². The fourth-order valence-corrected chi connectivity index (χ4v) is 13.6. The van der Waals surface area contributed by atoms with Crippen LogP contribution in [0.4, 0.5) is 0 Å². The van der Waals surface area contributed by atoms with Gasteiger partial charge < -0.3 is 9.47 Å². The van der Waals surface area contributed by atoms with Crippen LogP contribution in [-0.4, -0.2) is 129 Å². The number of fused-ring (bicyclic) bond motifs is 2. The maximum Gasteiger partial charge on any atom is 0.263 e. The summed E-state index contributed by atoms with van der Waals surface area (Å²) in [4.78, 5) is 54.6. The van der Waals surface area contributed by atoms with Gasteiger partial charge in [0.1, 0.15) is 0 Å². The van der Waals surface area contributed by atoms with E-state index in [9.17, 15) is 36.0 Å². The van der Waals surface area contributed by atoms with E-state index >= 15 is 0 Å². The molecular formula is C34H51BrN6O10S3. The number of hydrogen-bond donors (Lipinski definition) is 0. The van der Waals surface area contributed by atoms with E-state index in [1.165, 1.54) is 30.7 Å². The number of allylic oxidation sites excluding steroid dienone is 2. The van der Waals surface area contributed by atoms with Gasteiger partial charge in [0.05, 0.1) is 22.9 Å². The van der Waals surface area contributed by atoms with E-state index in [0.29, 0.717) is 35.6 Å².